The second-order valence-corrected chi connectivity index (χ2v) is 10.0. The Kier molecular flexibility index (Phi) is 8.18. The minimum atomic E-state index is -1.03. The van der Waals surface area contributed by atoms with Crippen LogP contribution in [0.5, 0.6) is 11.5 Å². The first-order valence-electron chi connectivity index (χ1n) is 12.1. The van der Waals surface area contributed by atoms with Crippen molar-refractivity contribution in [3.8, 4) is 11.5 Å². The first-order chi connectivity index (χ1) is 18.2. The highest BCUT2D eigenvalue weighted by Gasteiger charge is 2.48. The van der Waals surface area contributed by atoms with Gasteiger partial charge in [0, 0.05) is 17.5 Å². The number of halogens is 1. The van der Waals surface area contributed by atoms with Crippen LogP contribution in [0.4, 0.5) is 5.13 Å². The molecule has 1 fully saturated rings. The number of aromatic nitrogens is 1. The second-order valence-electron chi connectivity index (χ2n) is 8.63. The lowest BCUT2D eigenvalue weighted by Crippen LogP contribution is -2.29. The summed E-state index contributed by atoms with van der Waals surface area (Å²) in [5.41, 5.74) is 1.17. The fourth-order valence-corrected chi connectivity index (χ4v) is 5.33. The van der Waals surface area contributed by atoms with Crippen molar-refractivity contribution >= 4 is 51.3 Å². The molecular weight excluding hydrogens is 528 g/mol. The summed E-state index contributed by atoms with van der Waals surface area (Å²) < 4.78 is 11.6. The SMILES string of the molecule is CCCOc1ccc(C2/C(=C(\O)c3ccc(Cl)cc3)C(=O)C(=O)N2c2nc(C)c(C(C)=O)s2)cc1OCC. The van der Waals surface area contributed by atoms with Gasteiger partial charge in [0.15, 0.2) is 22.4 Å². The summed E-state index contributed by atoms with van der Waals surface area (Å²) in [5.74, 6) is -1.32. The van der Waals surface area contributed by atoms with Crippen molar-refractivity contribution in [3.63, 3.8) is 0 Å². The normalized spacial score (nSPS) is 16.7. The molecule has 1 aliphatic heterocycles. The standard InChI is InChI=1S/C28H27ClN2O6S/c1-5-13-37-20-12-9-18(14-21(20)36-6-2)23-22(24(33)17-7-10-19(29)11-8-17)25(34)27(35)31(23)28-30-15(3)26(38-28)16(4)32/h7-12,14,23,33H,5-6,13H2,1-4H3/b24-22+. The molecule has 0 bridgehead atoms. The first kappa shape index (κ1) is 27.3. The number of thiazole rings is 1. The largest absolute Gasteiger partial charge is 0.507 e. The molecule has 1 unspecified atom stereocenters. The molecule has 1 atom stereocenters. The Balaban J connectivity index is 1.94. The van der Waals surface area contributed by atoms with E-state index in [2.05, 4.69) is 4.98 Å². The van der Waals surface area contributed by atoms with E-state index >= 15 is 0 Å². The van der Waals surface area contributed by atoms with E-state index in [4.69, 9.17) is 21.1 Å². The van der Waals surface area contributed by atoms with Crippen LogP contribution >= 0.6 is 22.9 Å². The van der Waals surface area contributed by atoms with Gasteiger partial charge in [-0.2, -0.15) is 0 Å². The number of Topliss-reactive ketones (excluding diaryl/α,β-unsaturated/α-hetero) is 2. The molecule has 4 rings (SSSR count). The summed E-state index contributed by atoms with van der Waals surface area (Å²) in [6.45, 7) is 7.77. The third-order valence-corrected chi connectivity index (χ3v) is 7.43. The maximum absolute atomic E-state index is 13.4. The van der Waals surface area contributed by atoms with Crippen LogP contribution in [-0.2, 0) is 9.59 Å². The number of hydrogen-bond acceptors (Lipinski definition) is 8. The quantitative estimate of drug-likeness (QED) is 0.147. The van der Waals surface area contributed by atoms with Crippen molar-refractivity contribution < 1.29 is 29.0 Å². The van der Waals surface area contributed by atoms with Crippen molar-refractivity contribution in [3.05, 3.63) is 74.8 Å². The van der Waals surface area contributed by atoms with Crippen molar-refractivity contribution in [2.45, 2.75) is 40.2 Å². The molecule has 1 amide bonds. The molecule has 2 heterocycles. The van der Waals surface area contributed by atoms with Gasteiger partial charge in [-0.05, 0) is 62.2 Å². The Morgan fingerprint density at radius 3 is 2.42 bits per heavy atom. The van der Waals surface area contributed by atoms with E-state index in [1.54, 1.807) is 49.4 Å². The maximum atomic E-state index is 13.4. The van der Waals surface area contributed by atoms with Crippen molar-refractivity contribution in [1.29, 1.82) is 0 Å². The summed E-state index contributed by atoms with van der Waals surface area (Å²) >= 11 is 7.03. The van der Waals surface area contributed by atoms with E-state index in [0.29, 0.717) is 51.4 Å². The van der Waals surface area contributed by atoms with Crippen LogP contribution in [0.2, 0.25) is 5.02 Å². The Morgan fingerprint density at radius 1 is 1.11 bits per heavy atom. The predicted molar refractivity (Wildman–Crippen MR) is 146 cm³/mol. The zero-order chi connectivity index (χ0) is 27.6. The van der Waals surface area contributed by atoms with Crippen molar-refractivity contribution in [1.82, 2.24) is 4.98 Å². The van der Waals surface area contributed by atoms with Crippen LogP contribution < -0.4 is 14.4 Å². The number of aliphatic hydroxyl groups is 1. The minimum Gasteiger partial charge on any atom is -0.507 e. The second kappa shape index (κ2) is 11.4. The van der Waals surface area contributed by atoms with Crippen LogP contribution in [-0.4, -0.2) is 40.8 Å². The van der Waals surface area contributed by atoms with E-state index < -0.39 is 17.7 Å². The number of hydrogen-bond donors (Lipinski definition) is 1. The zero-order valence-electron chi connectivity index (χ0n) is 21.4. The van der Waals surface area contributed by atoms with Gasteiger partial charge in [0.2, 0.25) is 0 Å². The Hall–Kier alpha value is -3.69. The van der Waals surface area contributed by atoms with E-state index in [1.165, 1.54) is 11.8 Å². The lowest BCUT2D eigenvalue weighted by Gasteiger charge is -2.24. The van der Waals surface area contributed by atoms with E-state index in [1.807, 2.05) is 13.8 Å². The monoisotopic (exact) mass is 554 g/mol. The summed E-state index contributed by atoms with van der Waals surface area (Å²) in [6, 6.07) is 10.4. The van der Waals surface area contributed by atoms with Crippen LogP contribution in [0, 0.1) is 6.92 Å². The Labute approximate surface area is 229 Å². The summed E-state index contributed by atoms with van der Waals surface area (Å²) in [5, 5.41) is 11.9. The molecule has 0 spiro atoms. The number of aryl methyl sites for hydroxylation is 1. The van der Waals surface area contributed by atoms with Crippen LogP contribution in [0.25, 0.3) is 5.76 Å². The molecule has 38 heavy (non-hydrogen) atoms. The predicted octanol–water partition coefficient (Wildman–Crippen LogP) is 6.12. The maximum Gasteiger partial charge on any atom is 0.301 e. The fraction of sp³-hybridized carbons (Fsp3) is 0.286. The van der Waals surface area contributed by atoms with Crippen molar-refractivity contribution in [2.24, 2.45) is 0 Å². The van der Waals surface area contributed by atoms with Gasteiger partial charge < -0.3 is 14.6 Å². The van der Waals surface area contributed by atoms with Gasteiger partial charge in [-0.3, -0.25) is 19.3 Å². The van der Waals surface area contributed by atoms with E-state index in [0.717, 1.165) is 17.8 Å². The Morgan fingerprint density at radius 2 is 1.82 bits per heavy atom. The number of ketones is 2. The number of benzene rings is 2. The first-order valence-corrected chi connectivity index (χ1v) is 13.3. The van der Waals surface area contributed by atoms with Gasteiger partial charge in [0.1, 0.15) is 5.76 Å². The van der Waals surface area contributed by atoms with Gasteiger partial charge >= 0.3 is 5.91 Å². The number of carbonyl (C=O) groups is 3. The average Bonchev–Trinajstić information content (AvgIpc) is 3.40. The summed E-state index contributed by atoms with van der Waals surface area (Å²) in [6.07, 6.45) is 0.802. The topological polar surface area (TPSA) is 106 Å². The Bertz CT molecular complexity index is 1430. The molecule has 8 nitrogen and oxygen atoms in total. The highest BCUT2D eigenvalue weighted by Crippen LogP contribution is 2.45. The van der Waals surface area contributed by atoms with E-state index in [9.17, 15) is 19.5 Å². The van der Waals surface area contributed by atoms with Crippen LogP contribution in [0.1, 0.15) is 59.7 Å². The number of nitrogens with zero attached hydrogens (tertiary/aromatic N) is 2. The molecule has 3 aromatic rings. The van der Waals surface area contributed by atoms with Gasteiger partial charge in [-0.25, -0.2) is 4.98 Å². The van der Waals surface area contributed by atoms with Gasteiger partial charge in [0.05, 0.1) is 35.4 Å². The molecule has 1 N–H and O–H groups in total. The highest BCUT2D eigenvalue weighted by molar-refractivity contribution is 7.18. The van der Waals surface area contributed by atoms with E-state index in [-0.39, 0.29) is 22.2 Å². The zero-order valence-corrected chi connectivity index (χ0v) is 23.0. The molecular formula is C28H27ClN2O6S. The highest BCUT2D eigenvalue weighted by atomic mass is 35.5. The number of carbonyl (C=O) groups excluding carboxylic acids is 3. The molecule has 1 aromatic heterocycles. The van der Waals surface area contributed by atoms with Crippen molar-refractivity contribution in [2.75, 3.05) is 18.1 Å². The third kappa shape index (κ3) is 5.16. The van der Waals surface area contributed by atoms with Gasteiger partial charge in [0.25, 0.3) is 5.78 Å². The number of rotatable bonds is 9. The summed E-state index contributed by atoms with van der Waals surface area (Å²) in [4.78, 5) is 45.0. The smallest absolute Gasteiger partial charge is 0.301 e. The molecule has 10 heteroatoms. The number of aliphatic hydroxyl groups excluding tert-OH is 1. The average molecular weight is 555 g/mol. The van der Waals surface area contributed by atoms with Crippen LogP contribution in [0.3, 0.4) is 0 Å². The lowest BCUT2D eigenvalue weighted by atomic mass is 9.95. The van der Waals surface area contributed by atoms with Gasteiger partial charge in [-0.1, -0.05) is 35.9 Å². The molecule has 0 radical (unpaired) electrons. The number of ether oxygens (including phenoxy) is 2. The molecule has 1 aliphatic rings. The third-order valence-electron chi connectivity index (χ3n) is 5.92. The minimum absolute atomic E-state index is 0.112. The fourth-order valence-electron chi connectivity index (χ4n) is 4.21. The number of amides is 1. The number of anilines is 1. The van der Waals surface area contributed by atoms with Crippen LogP contribution in [0.15, 0.2) is 48.0 Å². The lowest BCUT2D eigenvalue weighted by molar-refractivity contribution is -0.132. The summed E-state index contributed by atoms with van der Waals surface area (Å²) in [7, 11) is 0. The van der Waals surface area contributed by atoms with Gasteiger partial charge in [-0.15, -0.1) is 0 Å². The molecule has 2 aromatic carbocycles. The molecule has 1 saturated heterocycles. The molecule has 0 saturated carbocycles. The molecule has 0 aliphatic carbocycles. The molecule has 198 valence electrons.